The summed E-state index contributed by atoms with van der Waals surface area (Å²) in [6.07, 6.45) is 0.118. The molecule has 0 aromatic heterocycles. The van der Waals surface area contributed by atoms with Crippen LogP contribution in [0.1, 0.15) is 36.9 Å². The molecule has 1 aliphatic rings. The summed E-state index contributed by atoms with van der Waals surface area (Å²) in [7, 11) is 0. The van der Waals surface area contributed by atoms with E-state index in [0.717, 1.165) is 16.7 Å². The lowest BCUT2D eigenvalue weighted by Crippen LogP contribution is -2.62. The molecule has 1 heterocycles. The predicted molar refractivity (Wildman–Crippen MR) is 129 cm³/mol. The van der Waals surface area contributed by atoms with Crippen LogP contribution in [0, 0.1) is 10.1 Å². The van der Waals surface area contributed by atoms with Gasteiger partial charge in [-0.25, -0.2) is 4.79 Å². The van der Waals surface area contributed by atoms with Crippen molar-refractivity contribution in [3.63, 3.8) is 0 Å². The first-order chi connectivity index (χ1) is 16.6. The van der Waals surface area contributed by atoms with E-state index in [1.807, 2.05) is 0 Å². The third-order valence-electron chi connectivity index (χ3n) is 6.08. The van der Waals surface area contributed by atoms with Gasteiger partial charge in [-0.2, -0.15) is 0 Å². The van der Waals surface area contributed by atoms with Gasteiger partial charge in [0.05, 0.1) is 22.8 Å². The molecule has 0 saturated carbocycles. The predicted octanol–water partition coefficient (Wildman–Crippen LogP) is 2.50. The highest BCUT2D eigenvalue weighted by Crippen LogP contribution is 2.45. The van der Waals surface area contributed by atoms with E-state index in [-0.39, 0.29) is 30.1 Å². The Kier molecular flexibility index (Phi) is 8.03. The van der Waals surface area contributed by atoms with Crippen molar-refractivity contribution in [2.75, 3.05) is 6.54 Å². The number of aliphatic carboxylic acids is 1. The number of ketones is 1. The Balaban J connectivity index is 2.07. The summed E-state index contributed by atoms with van der Waals surface area (Å²) in [6.45, 7) is 0.722. The number of benzene rings is 2. The van der Waals surface area contributed by atoms with Crippen LogP contribution in [-0.4, -0.2) is 55.0 Å². The number of likely N-dealkylation sites (tertiary alicyclic amines) is 1. The Bertz CT molecular complexity index is 1140. The molecule has 1 amide bonds. The quantitative estimate of drug-likeness (QED) is 0.300. The highest BCUT2D eigenvalue weighted by atomic mass is 32.2. The highest BCUT2D eigenvalue weighted by Gasteiger charge is 2.59. The molecule has 3 atom stereocenters. The van der Waals surface area contributed by atoms with E-state index in [9.17, 15) is 34.4 Å². The van der Waals surface area contributed by atoms with Gasteiger partial charge in [0.15, 0.2) is 10.9 Å². The molecular formula is C24H25N3O7S. The number of hydrogen-bond donors (Lipinski definition) is 2. The van der Waals surface area contributed by atoms with Gasteiger partial charge in [-0.1, -0.05) is 54.2 Å². The number of thioether (sulfide) groups is 1. The van der Waals surface area contributed by atoms with Gasteiger partial charge >= 0.3 is 5.97 Å². The number of amides is 1. The van der Waals surface area contributed by atoms with E-state index in [1.54, 1.807) is 30.3 Å². The van der Waals surface area contributed by atoms with E-state index in [4.69, 9.17) is 5.73 Å². The summed E-state index contributed by atoms with van der Waals surface area (Å²) in [6, 6.07) is 13.6. The van der Waals surface area contributed by atoms with Crippen LogP contribution in [0.5, 0.6) is 0 Å². The summed E-state index contributed by atoms with van der Waals surface area (Å²) in [5, 5.41) is 19.7. The zero-order valence-corrected chi connectivity index (χ0v) is 19.8. The lowest BCUT2D eigenvalue weighted by molar-refractivity contribution is -0.384. The van der Waals surface area contributed by atoms with Crippen molar-refractivity contribution >= 4 is 40.2 Å². The fraction of sp³-hybridized carbons (Fsp3) is 0.333. The second-order valence-electron chi connectivity index (χ2n) is 8.19. The molecule has 0 spiro atoms. The molecular weight excluding hydrogens is 474 g/mol. The first kappa shape index (κ1) is 26.0. The van der Waals surface area contributed by atoms with E-state index in [2.05, 4.69) is 0 Å². The third kappa shape index (κ3) is 5.25. The maximum atomic E-state index is 14.0. The minimum absolute atomic E-state index is 0.00555. The SMILES string of the molecule is CC(=O)SC(Cc1ccc([N+](=O)[O-])cc1)C(=O)N1C(c2ccccc2)CCC1(C(=O)O)C(=O)CN. The van der Waals surface area contributed by atoms with Crippen molar-refractivity contribution in [2.24, 2.45) is 5.73 Å². The Labute approximate surface area is 205 Å². The molecule has 11 heteroatoms. The highest BCUT2D eigenvalue weighted by molar-refractivity contribution is 8.14. The van der Waals surface area contributed by atoms with Crippen molar-refractivity contribution in [1.29, 1.82) is 0 Å². The molecule has 0 aliphatic carbocycles. The molecule has 0 bridgehead atoms. The molecule has 3 rings (SSSR count). The standard InChI is InChI=1S/C24H25N3O7S/c1-15(28)35-20(13-16-7-9-18(10-8-16)27(33)34)22(30)26-19(17-5-3-2-4-6-17)11-12-24(26,23(31)32)21(29)14-25/h2-10,19-20H,11-14,25H2,1H3,(H,31,32). The number of nitro benzene ring substituents is 1. The summed E-state index contributed by atoms with van der Waals surface area (Å²) >= 11 is 0.729. The number of rotatable bonds is 9. The van der Waals surface area contributed by atoms with Crippen LogP contribution >= 0.6 is 11.8 Å². The average Bonchev–Trinajstić information content (AvgIpc) is 3.25. The molecule has 1 saturated heterocycles. The summed E-state index contributed by atoms with van der Waals surface area (Å²) in [5.74, 6) is -2.94. The molecule has 35 heavy (non-hydrogen) atoms. The molecule has 3 unspecified atom stereocenters. The molecule has 2 aromatic rings. The molecule has 3 N–H and O–H groups in total. The van der Waals surface area contributed by atoms with Crippen LogP contribution in [0.3, 0.4) is 0 Å². The number of non-ortho nitro benzene ring substituents is 1. The number of carbonyl (C=O) groups excluding carboxylic acids is 3. The summed E-state index contributed by atoms with van der Waals surface area (Å²) in [5.41, 5.74) is 4.50. The van der Waals surface area contributed by atoms with Crippen LogP contribution in [0.15, 0.2) is 54.6 Å². The number of carboxylic acids is 1. The normalized spacial score (nSPS) is 20.3. The second-order valence-corrected chi connectivity index (χ2v) is 9.57. The van der Waals surface area contributed by atoms with Crippen LogP contribution in [0.2, 0.25) is 0 Å². The smallest absolute Gasteiger partial charge is 0.337 e. The molecule has 1 aliphatic heterocycles. The van der Waals surface area contributed by atoms with Gasteiger partial charge in [-0.3, -0.25) is 24.5 Å². The maximum Gasteiger partial charge on any atom is 0.337 e. The third-order valence-corrected chi connectivity index (χ3v) is 7.06. The molecule has 0 radical (unpaired) electrons. The fourth-order valence-electron chi connectivity index (χ4n) is 4.47. The number of nitrogens with two attached hydrogens (primary N) is 1. The monoisotopic (exact) mass is 499 g/mol. The van der Waals surface area contributed by atoms with Crippen molar-refractivity contribution < 1.29 is 29.2 Å². The lowest BCUT2D eigenvalue weighted by atomic mass is 9.90. The van der Waals surface area contributed by atoms with E-state index in [1.165, 1.54) is 31.2 Å². The minimum Gasteiger partial charge on any atom is -0.479 e. The van der Waals surface area contributed by atoms with Gasteiger partial charge < -0.3 is 15.7 Å². The number of carboxylic acid groups (broad SMARTS) is 1. The van der Waals surface area contributed by atoms with Crippen molar-refractivity contribution in [2.45, 2.75) is 43.0 Å². The number of nitrogens with zero attached hydrogens (tertiary/aromatic N) is 2. The molecule has 184 valence electrons. The zero-order chi connectivity index (χ0) is 25.8. The van der Waals surface area contributed by atoms with Crippen molar-refractivity contribution in [3.8, 4) is 0 Å². The van der Waals surface area contributed by atoms with Gasteiger partial charge in [0.1, 0.15) is 0 Å². The van der Waals surface area contributed by atoms with Crippen LogP contribution in [0.4, 0.5) is 5.69 Å². The maximum absolute atomic E-state index is 14.0. The fourth-order valence-corrected chi connectivity index (χ4v) is 5.36. The Morgan fingerprint density at radius 3 is 2.31 bits per heavy atom. The Hall–Kier alpha value is -3.57. The molecule has 2 aromatic carbocycles. The van der Waals surface area contributed by atoms with Crippen molar-refractivity contribution in [1.82, 2.24) is 4.90 Å². The van der Waals surface area contributed by atoms with Gasteiger partial charge in [0.2, 0.25) is 11.4 Å². The van der Waals surface area contributed by atoms with Crippen LogP contribution in [0.25, 0.3) is 0 Å². The van der Waals surface area contributed by atoms with Crippen LogP contribution in [-0.2, 0) is 25.6 Å². The van der Waals surface area contributed by atoms with Gasteiger partial charge in [0, 0.05) is 19.1 Å². The van der Waals surface area contributed by atoms with Gasteiger partial charge in [-0.15, -0.1) is 0 Å². The van der Waals surface area contributed by atoms with Crippen LogP contribution < -0.4 is 5.73 Å². The Morgan fingerprint density at radius 2 is 1.80 bits per heavy atom. The average molecular weight is 500 g/mol. The van der Waals surface area contributed by atoms with Crippen molar-refractivity contribution in [3.05, 3.63) is 75.8 Å². The van der Waals surface area contributed by atoms with E-state index in [0.29, 0.717) is 11.1 Å². The number of carbonyl (C=O) groups is 4. The van der Waals surface area contributed by atoms with E-state index >= 15 is 0 Å². The lowest BCUT2D eigenvalue weighted by Gasteiger charge is -2.38. The Morgan fingerprint density at radius 1 is 1.17 bits per heavy atom. The molecule has 1 fully saturated rings. The molecule has 10 nitrogen and oxygen atoms in total. The van der Waals surface area contributed by atoms with E-state index < -0.39 is 46.0 Å². The number of nitro groups is 1. The first-order valence-corrected chi connectivity index (χ1v) is 11.7. The largest absolute Gasteiger partial charge is 0.479 e. The number of Topliss-reactive ketones (excluding diaryl/α,β-unsaturated/α-hetero) is 1. The topological polar surface area (TPSA) is 161 Å². The summed E-state index contributed by atoms with van der Waals surface area (Å²) in [4.78, 5) is 63.0. The zero-order valence-electron chi connectivity index (χ0n) is 19.0. The van der Waals surface area contributed by atoms with Gasteiger partial charge in [0.25, 0.3) is 5.69 Å². The first-order valence-electron chi connectivity index (χ1n) is 10.9. The number of hydrogen-bond acceptors (Lipinski definition) is 8. The summed E-state index contributed by atoms with van der Waals surface area (Å²) < 4.78 is 0. The minimum atomic E-state index is -2.16. The van der Waals surface area contributed by atoms with Gasteiger partial charge in [-0.05, 0) is 30.4 Å². The second kappa shape index (κ2) is 10.8.